The second kappa shape index (κ2) is 16.7. The third-order valence-electron chi connectivity index (χ3n) is 11.1. The van der Waals surface area contributed by atoms with E-state index < -0.39 is 0 Å². The van der Waals surface area contributed by atoms with Crippen molar-refractivity contribution in [2.75, 3.05) is 0 Å². The van der Waals surface area contributed by atoms with Crippen molar-refractivity contribution in [3.8, 4) is 22.3 Å². The van der Waals surface area contributed by atoms with Gasteiger partial charge in [0, 0.05) is 45.1 Å². The molecule has 0 aliphatic carbocycles. The van der Waals surface area contributed by atoms with E-state index in [1.165, 1.54) is 4.90 Å². The summed E-state index contributed by atoms with van der Waals surface area (Å²) in [5.74, 6) is -0.658. The second-order valence-corrected chi connectivity index (χ2v) is 14.5. The van der Waals surface area contributed by atoms with Crippen LogP contribution in [0.25, 0.3) is 43.8 Å². The van der Waals surface area contributed by atoms with Gasteiger partial charge in [0.15, 0.2) is 5.78 Å². The Bertz CT molecular complexity index is 2140. The van der Waals surface area contributed by atoms with E-state index in [9.17, 15) is 19.2 Å². The van der Waals surface area contributed by atoms with E-state index >= 15 is 0 Å². The van der Waals surface area contributed by atoms with E-state index in [4.69, 9.17) is 0 Å². The van der Waals surface area contributed by atoms with Crippen molar-refractivity contribution in [2.45, 2.75) is 111 Å². The molecule has 3 amide bonds. The molecule has 6 heteroatoms. The van der Waals surface area contributed by atoms with Crippen molar-refractivity contribution >= 4 is 45.0 Å². The highest BCUT2D eigenvalue weighted by Crippen LogP contribution is 2.39. The first kappa shape index (κ1) is 37.7. The predicted octanol–water partition coefficient (Wildman–Crippen LogP) is 11.6. The van der Waals surface area contributed by atoms with Crippen LogP contribution in [-0.2, 0) is 0 Å². The molecule has 5 aromatic rings. The lowest BCUT2D eigenvalue weighted by Crippen LogP contribution is -2.46. The molecule has 0 saturated carbocycles. The smallest absolute Gasteiger partial charge is 0.261 e. The number of carbonyl (C=O) groups excluding carboxylic acids is 4. The molecule has 53 heavy (non-hydrogen) atoms. The number of imide groups is 1. The summed E-state index contributed by atoms with van der Waals surface area (Å²) >= 11 is 0. The highest BCUT2D eigenvalue weighted by Gasteiger charge is 2.37. The van der Waals surface area contributed by atoms with E-state index in [0.717, 1.165) is 103 Å². The molecule has 1 aliphatic rings. The molecular weight excluding hydrogens is 657 g/mol. The summed E-state index contributed by atoms with van der Waals surface area (Å²) in [4.78, 5) is 56.0. The minimum Gasteiger partial charge on any atom is -0.349 e. The maximum atomic E-state index is 13.9. The predicted molar refractivity (Wildman–Crippen MR) is 217 cm³/mol. The molecular formula is C47H52N2O4. The van der Waals surface area contributed by atoms with Gasteiger partial charge in [0.1, 0.15) is 0 Å². The molecule has 2 unspecified atom stereocenters. The molecule has 0 aromatic heterocycles. The monoisotopic (exact) mass is 708 g/mol. The average molecular weight is 709 g/mol. The summed E-state index contributed by atoms with van der Waals surface area (Å²) in [7, 11) is 0. The SMILES string of the molecule is CCCCCC(CC)NC(=O)c1cccc2c(-c3ccc(-c4ccc5c6c(cccc46)C(=O)N(C(CC)CCCCC)C5=O)cc3)ccc(C(C)=O)c12. The van der Waals surface area contributed by atoms with Gasteiger partial charge in [-0.3, -0.25) is 24.1 Å². The van der Waals surface area contributed by atoms with Crippen LogP contribution in [0.2, 0.25) is 0 Å². The minimum atomic E-state index is -0.209. The first-order valence-electron chi connectivity index (χ1n) is 19.7. The van der Waals surface area contributed by atoms with Crippen LogP contribution >= 0.6 is 0 Å². The van der Waals surface area contributed by atoms with Gasteiger partial charge in [-0.2, -0.15) is 0 Å². The summed E-state index contributed by atoms with van der Waals surface area (Å²) < 4.78 is 0. The zero-order chi connectivity index (χ0) is 37.6. The summed E-state index contributed by atoms with van der Waals surface area (Å²) in [6.07, 6.45) is 9.82. The Morgan fingerprint density at radius 3 is 1.72 bits per heavy atom. The number of unbranched alkanes of at least 4 members (excludes halogenated alkanes) is 4. The van der Waals surface area contributed by atoms with Crippen molar-refractivity contribution < 1.29 is 19.2 Å². The molecule has 5 aromatic carbocycles. The van der Waals surface area contributed by atoms with Gasteiger partial charge in [-0.25, -0.2) is 0 Å². The summed E-state index contributed by atoms with van der Waals surface area (Å²) in [5, 5.41) is 6.36. The van der Waals surface area contributed by atoms with Gasteiger partial charge in [-0.05, 0) is 83.8 Å². The van der Waals surface area contributed by atoms with Crippen molar-refractivity contribution in [1.82, 2.24) is 10.2 Å². The van der Waals surface area contributed by atoms with E-state index in [0.29, 0.717) is 27.6 Å². The average Bonchev–Trinajstić information content (AvgIpc) is 3.18. The minimum absolute atomic E-state index is 0.0787. The molecule has 1 N–H and O–H groups in total. The quantitative estimate of drug-likeness (QED) is 0.0628. The Labute approximate surface area is 314 Å². The summed E-state index contributed by atoms with van der Waals surface area (Å²) in [6.45, 7) is 10.0. The number of Topliss-reactive ketones (excluding diaryl/α,β-unsaturated/α-hetero) is 1. The van der Waals surface area contributed by atoms with E-state index in [1.54, 1.807) is 6.92 Å². The van der Waals surface area contributed by atoms with Gasteiger partial charge in [0.05, 0.1) is 0 Å². The van der Waals surface area contributed by atoms with Crippen LogP contribution in [0.5, 0.6) is 0 Å². The number of hydrogen-bond donors (Lipinski definition) is 1. The number of carbonyl (C=O) groups is 4. The molecule has 6 rings (SSSR count). The zero-order valence-corrected chi connectivity index (χ0v) is 31.9. The van der Waals surface area contributed by atoms with E-state index in [-0.39, 0.29) is 35.6 Å². The number of benzene rings is 5. The largest absolute Gasteiger partial charge is 0.349 e. The van der Waals surface area contributed by atoms with Crippen LogP contribution in [0.15, 0.2) is 84.9 Å². The second-order valence-electron chi connectivity index (χ2n) is 14.5. The van der Waals surface area contributed by atoms with Gasteiger partial charge in [0.2, 0.25) is 0 Å². The van der Waals surface area contributed by atoms with Crippen LogP contribution in [0.4, 0.5) is 0 Å². The number of fused-ring (bicyclic) bond motifs is 1. The van der Waals surface area contributed by atoms with Crippen molar-refractivity contribution in [3.05, 3.63) is 107 Å². The number of ketones is 1. The molecule has 0 fully saturated rings. The third kappa shape index (κ3) is 7.42. The summed E-state index contributed by atoms with van der Waals surface area (Å²) in [6, 6.07) is 27.3. The first-order chi connectivity index (χ1) is 25.7. The molecule has 6 nitrogen and oxygen atoms in total. The highest BCUT2D eigenvalue weighted by molar-refractivity contribution is 6.27. The molecule has 0 radical (unpaired) electrons. The van der Waals surface area contributed by atoms with Gasteiger partial charge in [0.25, 0.3) is 17.7 Å². The Hall–Kier alpha value is -5.10. The fourth-order valence-corrected chi connectivity index (χ4v) is 8.10. The van der Waals surface area contributed by atoms with Crippen LogP contribution in [0.3, 0.4) is 0 Å². The highest BCUT2D eigenvalue weighted by atomic mass is 16.2. The van der Waals surface area contributed by atoms with E-state index in [2.05, 4.69) is 50.4 Å². The number of rotatable bonds is 16. The number of hydrogen-bond acceptors (Lipinski definition) is 4. The zero-order valence-electron chi connectivity index (χ0n) is 31.9. The van der Waals surface area contributed by atoms with Crippen LogP contribution in [0, 0.1) is 0 Å². The number of amides is 3. The third-order valence-corrected chi connectivity index (χ3v) is 11.1. The molecule has 0 spiro atoms. The fraction of sp³-hybridized carbons (Fsp3) is 0.362. The lowest BCUT2D eigenvalue weighted by molar-refractivity contribution is 0.0523. The van der Waals surface area contributed by atoms with Crippen molar-refractivity contribution in [3.63, 3.8) is 0 Å². The van der Waals surface area contributed by atoms with Crippen molar-refractivity contribution in [2.24, 2.45) is 0 Å². The first-order valence-corrected chi connectivity index (χ1v) is 19.7. The maximum absolute atomic E-state index is 13.9. The Kier molecular flexibility index (Phi) is 11.9. The molecule has 2 atom stereocenters. The van der Waals surface area contributed by atoms with E-state index in [1.807, 2.05) is 67.6 Å². The standard InChI is InChI=1S/C47H52N2O4/c1-6-10-12-16-33(8-3)48-45(51)40-20-14-18-38-36(27-26-35(30(5)50)43(38)40)31-22-24-32(25-23-31)37-28-29-42-44-39(37)19-15-21-41(44)46(52)49(47(42)53)34(9-4)17-13-11-7-2/h14-15,18-29,33-34H,6-13,16-17H2,1-5H3,(H,48,51). The topological polar surface area (TPSA) is 83.6 Å². The molecule has 274 valence electrons. The normalized spacial score (nSPS) is 13.8. The van der Waals surface area contributed by atoms with Gasteiger partial charge < -0.3 is 5.32 Å². The maximum Gasteiger partial charge on any atom is 0.261 e. The van der Waals surface area contributed by atoms with Crippen LogP contribution in [0.1, 0.15) is 140 Å². The van der Waals surface area contributed by atoms with Gasteiger partial charge in [-0.1, -0.05) is 133 Å². The van der Waals surface area contributed by atoms with Gasteiger partial charge in [-0.15, -0.1) is 0 Å². The molecule has 0 saturated heterocycles. The Morgan fingerprint density at radius 1 is 0.585 bits per heavy atom. The van der Waals surface area contributed by atoms with Crippen LogP contribution < -0.4 is 5.32 Å². The Balaban J connectivity index is 1.35. The molecule has 1 aliphatic heterocycles. The fourth-order valence-electron chi connectivity index (χ4n) is 8.10. The van der Waals surface area contributed by atoms with Crippen LogP contribution in [-0.4, -0.2) is 40.5 Å². The lowest BCUT2D eigenvalue weighted by Gasteiger charge is -2.34. The lowest BCUT2D eigenvalue weighted by atomic mass is 9.87. The molecule has 1 heterocycles. The number of nitrogens with one attached hydrogen (secondary N) is 1. The Morgan fingerprint density at radius 2 is 1.13 bits per heavy atom. The van der Waals surface area contributed by atoms with Crippen molar-refractivity contribution in [1.29, 1.82) is 0 Å². The number of nitrogens with zero attached hydrogens (tertiary/aromatic N) is 1. The molecule has 0 bridgehead atoms. The summed E-state index contributed by atoms with van der Waals surface area (Å²) in [5.41, 5.74) is 5.99. The van der Waals surface area contributed by atoms with Gasteiger partial charge >= 0.3 is 0 Å².